The largest absolute Gasteiger partial charge is 0 e. The molecule has 1 radical (unpaired) electrons. The molecule has 1 rings (SSSR count). The molecule has 3 nitrogen and oxygen atoms in total. The molecule has 0 saturated carbocycles. The zero-order chi connectivity index (χ0) is 17.2. The van der Waals surface area contributed by atoms with Crippen LogP contribution in [0.1, 0.15) is 71.1 Å². The van der Waals surface area contributed by atoms with Gasteiger partial charge in [0.2, 0.25) is 0 Å². The number of hydrogen-bond acceptors (Lipinski definition) is 4. The molecule has 1 aromatic carbocycles. The quantitative estimate of drug-likeness (QED) is 0.257. The Kier molecular flexibility index (Phi) is 30.3. The molecule has 0 N–H and O–H groups in total. The Bertz CT molecular complexity index is 426. The second-order valence-electron chi connectivity index (χ2n) is 5.69. The molecule has 0 amide bonds. The van der Waals surface area contributed by atoms with Crippen LogP contribution in [0.25, 0.3) is 0 Å². The van der Waals surface area contributed by atoms with Gasteiger partial charge in [0, 0.05) is 43.2 Å². The molecule has 0 heterocycles. The van der Waals surface area contributed by atoms with Crippen molar-refractivity contribution >= 4 is 31.7 Å². The predicted octanol–water partition coefficient (Wildman–Crippen LogP) is 4.36. The maximum Gasteiger partial charge on any atom is 0 e. The third-order valence-electron chi connectivity index (χ3n) is 3.52. The van der Waals surface area contributed by atoms with E-state index in [0.717, 1.165) is 12.8 Å². The van der Waals surface area contributed by atoms with Crippen molar-refractivity contribution in [1.82, 2.24) is 0 Å². The first-order valence-electron chi connectivity index (χ1n) is 8.76. The minimum absolute atomic E-state index is 0. The van der Waals surface area contributed by atoms with Gasteiger partial charge in [0.15, 0.2) is 0 Å². The van der Waals surface area contributed by atoms with Crippen molar-refractivity contribution in [3.05, 3.63) is 30.3 Å². The van der Waals surface area contributed by atoms with Crippen LogP contribution in [0.3, 0.4) is 0 Å². The summed E-state index contributed by atoms with van der Waals surface area (Å²) in [4.78, 5) is 0. The average Bonchev–Trinajstić information content (AvgIpc) is 2.54. The summed E-state index contributed by atoms with van der Waals surface area (Å²) in [6, 6.07) is 10.3. The summed E-state index contributed by atoms with van der Waals surface area (Å²) in [5.74, 6) is 0. The normalized spacial score (nSPS) is 9.48. The van der Waals surface area contributed by atoms with Gasteiger partial charge >= 0.3 is 51.0 Å². The molecule has 1 aromatic rings. The van der Waals surface area contributed by atoms with E-state index in [2.05, 4.69) is 23.2 Å². The number of rotatable bonds is 12. The molecule has 0 bridgehead atoms. The van der Waals surface area contributed by atoms with Crippen LogP contribution < -0.4 is 4.43 Å². The van der Waals surface area contributed by atoms with Crippen molar-refractivity contribution in [2.75, 3.05) is 6.61 Å². The molecular weight excluding hydrogens is 444 g/mol. The van der Waals surface area contributed by atoms with E-state index in [4.69, 9.17) is 0 Å². The number of unbranched alkanes of at least 4 members (excludes halogenated alkanes) is 9. The summed E-state index contributed by atoms with van der Waals surface area (Å²) in [6.07, 6.45) is 12.5. The average molecular weight is 475 g/mol. The fraction of sp³-hybridized carbons (Fsp3) is 0.667. The van der Waals surface area contributed by atoms with Gasteiger partial charge in [0.1, 0.15) is 0 Å². The molecule has 0 saturated heterocycles. The Morgan fingerprint density at radius 2 is 1.28 bits per heavy atom. The van der Waals surface area contributed by atoms with Crippen LogP contribution in [-0.4, -0.2) is 22.9 Å². The smallest absolute Gasteiger partial charge is 0 e. The number of hydrogen-bond donors (Lipinski definition) is 0. The Hall–Kier alpha value is 0.805. The van der Waals surface area contributed by atoms with Crippen molar-refractivity contribution in [3.8, 4) is 0 Å². The molecule has 0 atom stereocenters. The second-order valence-corrected chi connectivity index (χ2v) is 7.15. The Morgan fingerprint density at radius 3 is 1.64 bits per heavy atom. The standard InChI is InChI=1S/C12H25O3S.C6H5.Al.Mn.Zn.H/c1-2-3-4-5-6-7-8-9-10-11-12-15-16(13)14;1-2-4-6-5-3-1;;;;/h2-12H2,1H3;1-5H;;;;/q-1;;+1;;;. The predicted molar refractivity (Wildman–Crippen MR) is 99.8 cm³/mol. The molecule has 7 heteroatoms. The summed E-state index contributed by atoms with van der Waals surface area (Å²) in [6.45, 7) is 2.57. The summed E-state index contributed by atoms with van der Waals surface area (Å²) in [7, 11) is -2.33. The van der Waals surface area contributed by atoms with Crippen LogP contribution in [0, 0.1) is 0 Å². The van der Waals surface area contributed by atoms with Gasteiger partial charge in [0.25, 0.3) is 0 Å². The molecule has 0 aliphatic rings. The second kappa shape index (κ2) is 24.8. The van der Waals surface area contributed by atoms with E-state index in [-0.39, 0.29) is 36.5 Å². The van der Waals surface area contributed by atoms with E-state index in [1.54, 1.807) is 0 Å². The van der Waals surface area contributed by atoms with Gasteiger partial charge in [-0.15, -0.1) is 0 Å². The van der Waals surface area contributed by atoms with E-state index in [9.17, 15) is 8.42 Å². The molecule has 0 fully saturated rings. The topological polar surface area (TPSA) is 43.4 Å². The zero-order valence-electron chi connectivity index (χ0n) is 15.6. The van der Waals surface area contributed by atoms with Gasteiger partial charge in [-0.05, 0) is 6.42 Å². The minimum atomic E-state index is -2.33. The Labute approximate surface area is 187 Å². The number of benzene rings is 1. The minimum Gasteiger partial charge on any atom is 0 e. The van der Waals surface area contributed by atoms with Crippen molar-refractivity contribution in [2.24, 2.45) is 0 Å². The van der Waals surface area contributed by atoms with Crippen molar-refractivity contribution < 1.29 is 49.1 Å². The van der Waals surface area contributed by atoms with Gasteiger partial charge in [-0.25, -0.2) is 0 Å². The third kappa shape index (κ3) is 27.1. The zero-order valence-corrected chi connectivity index (χ0v) is 22.0. The van der Waals surface area contributed by atoms with Crippen LogP contribution in [0.5, 0.6) is 0 Å². The molecule has 0 aromatic heterocycles. The Morgan fingerprint density at radius 1 is 0.840 bits per heavy atom. The van der Waals surface area contributed by atoms with Crippen molar-refractivity contribution in [2.45, 2.75) is 71.1 Å². The SMILES string of the molecule is CCCCCCCCCCCCO[S-](=O)=O.[AlH+][c]1ccccc1.[Mn].[Zn]. The maximum absolute atomic E-state index is 10.0. The molecular formula is C18H31AlMnO3SZn. The van der Waals surface area contributed by atoms with Gasteiger partial charge in [-0.1, -0.05) is 64.7 Å². The van der Waals surface area contributed by atoms with E-state index in [0.29, 0.717) is 6.61 Å². The summed E-state index contributed by atoms with van der Waals surface area (Å²) in [5, 5.41) is 0. The molecule has 0 unspecified atom stereocenters. The summed E-state index contributed by atoms with van der Waals surface area (Å²) >= 11 is 1.90. The van der Waals surface area contributed by atoms with Gasteiger partial charge in [-0.2, -0.15) is 0 Å². The van der Waals surface area contributed by atoms with Crippen LogP contribution in [0.4, 0.5) is 0 Å². The first-order chi connectivity index (χ1) is 11.2. The van der Waals surface area contributed by atoms with Crippen molar-refractivity contribution in [1.29, 1.82) is 0 Å². The van der Waals surface area contributed by atoms with Crippen LogP contribution in [0.15, 0.2) is 30.3 Å². The molecule has 0 aliphatic heterocycles. The first-order valence-corrected chi connectivity index (χ1v) is 10.5. The molecule has 25 heavy (non-hydrogen) atoms. The van der Waals surface area contributed by atoms with E-state index < -0.39 is 11.0 Å². The first kappa shape index (κ1) is 30.5. The van der Waals surface area contributed by atoms with E-state index in [1.165, 1.54) is 55.8 Å². The van der Waals surface area contributed by atoms with Crippen LogP contribution >= 0.6 is 0 Å². The van der Waals surface area contributed by atoms with Gasteiger partial charge in [0.05, 0.1) is 11.0 Å². The summed E-state index contributed by atoms with van der Waals surface area (Å²) < 4.78 is 25.9. The molecule has 139 valence electrons. The fourth-order valence-electron chi connectivity index (χ4n) is 2.19. The third-order valence-corrected chi connectivity index (χ3v) is 4.35. The van der Waals surface area contributed by atoms with Gasteiger partial charge in [-0.3, -0.25) is 0 Å². The fourth-order valence-corrected chi connectivity index (χ4v) is 2.72. The van der Waals surface area contributed by atoms with E-state index >= 15 is 0 Å². The Balaban J connectivity index is -0.000000452. The summed E-state index contributed by atoms with van der Waals surface area (Å²) in [5.41, 5.74) is 0. The molecule has 0 aliphatic carbocycles. The van der Waals surface area contributed by atoms with Crippen LogP contribution in [-0.2, 0) is 60.1 Å². The maximum atomic E-state index is 10.0. The monoisotopic (exact) mass is 473 g/mol. The van der Waals surface area contributed by atoms with Crippen LogP contribution in [0.2, 0.25) is 0 Å². The van der Waals surface area contributed by atoms with Crippen molar-refractivity contribution in [3.63, 3.8) is 0 Å². The van der Waals surface area contributed by atoms with E-state index in [1.807, 2.05) is 34.5 Å². The molecule has 0 spiro atoms. The van der Waals surface area contributed by atoms with Gasteiger partial charge < -0.3 is 12.6 Å².